The number of ketones is 2. The van der Waals surface area contributed by atoms with Crippen LogP contribution in [0.2, 0.25) is 0 Å². The van der Waals surface area contributed by atoms with Gasteiger partial charge in [-0.1, -0.05) is 31.3 Å². The van der Waals surface area contributed by atoms with Crippen LogP contribution < -0.4 is 4.74 Å². The molecule has 0 saturated carbocycles. The van der Waals surface area contributed by atoms with E-state index in [2.05, 4.69) is 16.6 Å². The van der Waals surface area contributed by atoms with Gasteiger partial charge >= 0.3 is 11.9 Å². The Morgan fingerprint density at radius 1 is 0.844 bits per heavy atom. The first-order valence-electron chi connectivity index (χ1n) is 15.5. The maximum Gasteiger partial charge on any atom is 0.331 e. The zero-order valence-corrected chi connectivity index (χ0v) is 26.0. The molecule has 0 spiro atoms. The molecule has 0 radical (unpaired) electrons. The van der Waals surface area contributed by atoms with E-state index in [0.29, 0.717) is 35.4 Å². The molecule has 1 unspecified atom stereocenters. The van der Waals surface area contributed by atoms with Crippen LogP contribution in [-0.4, -0.2) is 46.5 Å². The predicted molar refractivity (Wildman–Crippen MR) is 172 cm³/mol. The normalized spacial score (nSPS) is 15.0. The van der Waals surface area contributed by atoms with Crippen molar-refractivity contribution < 1.29 is 33.5 Å². The van der Waals surface area contributed by atoms with Crippen LogP contribution in [0.15, 0.2) is 65.8 Å². The number of hydrogen-bond donors (Lipinski definition) is 0. The molecule has 234 valence electrons. The summed E-state index contributed by atoms with van der Waals surface area (Å²) in [5.41, 5.74) is 3.44. The highest BCUT2D eigenvalue weighted by atomic mass is 16.7. The van der Waals surface area contributed by atoms with Gasteiger partial charge in [0.05, 0.1) is 6.10 Å². The van der Waals surface area contributed by atoms with E-state index in [0.717, 1.165) is 66.9 Å². The van der Waals surface area contributed by atoms with Gasteiger partial charge in [-0.15, -0.1) is 0 Å². The molecule has 1 aliphatic rings. The van der Waals surface area contributed by atoms with E-state index in [-0.39, 0.29) is 23.4 Å². The fourth-order valence-corrected chi connectivity index (χ4v) is 5.79. The van der Waals surface area contributed by atoms with Crippen molar-refractivity contribution in [2.24, 2.45) is 5.16 Å². The Balaban J connectivity index is 1.55. The van der Waals surface area contributed by atoms with Gasteiger partial charge in [0.15, 0.2) is 5.78 Å². The molecular weight excluding hydrogens is 572 g/mol. The first kappa shape index (κ1) is 31.8. The summed E-state index contributed by atoms with van der Waals surface area (Å²) in [4.78, 5) is 54.9. The number of aromatic nitrogens is 1. The number of esters is 1. The van der Waals surface area contributed by atoms with Crippen LogP contribution >= 0.6 is 0 Å². The van der Waals surface area contributed by atoms with Crippen molar-refractivity contribution in [2.45, 2.75) is 78.4 Å². The lowest BCUT2D eigenvalue weighted by Crippen LogP contribution is -2.16. The lowest BCUT2D eigenvalue weighted by atomic mass is 9.98. The maximum absolute atomic E-state index is 13.7. The number of unbranched alkanes of at least 4 members (excludes halogenated alkanes) is 3. The second-order valence-electron chi connectivity index (χ2n) is 11.4. The first-order valence-corrected chi connectivity index (χ1v) is 15.5. The summed E-state index contributed by atoms with van der Waals surface area (Å²) >= 11 is 0. The average molecular weight is 611 g/mol. The van der Waals surface area contributed by atoms with Gasteiger partial charge in [0.1, 0.15) is 11.5 Å². The third kappa shape index (κ3) is 7.54. The summed E-state index contributed by atoms with van der Waals surface area (Å²) < 4.78 is 13.2. The monoisotopic (exact) mass is 610 g/mol. The van der Waals surface area contributed by atoms with Crippen molar-refractivity contribution in [3.63, 3.8) is 0 Å². The number of carbonyl (C=O) groups is 4. The van der Waals surface area contributed by atoms with Gasteiger partial charge in [0, 0.05) is 65.5 Å². The molecular formula is C36H38N2O7. The Kier molecular flexibility index (Phi) is 10.2. The number of rotatable bonds is 13. The molecule has 4 aromatic rings. The number of oxime groups is 1. The Hall–Kier alpha value is -4.63. The summed E-state index contributed by atoms with van der Waals surface area (Å²) in [6.45, 7) is 6.07. The SMILES string of the molecule is CCCCCC/C(=N\OC(C)=O)C(=O)c1ccc2c(c1)c1cc(C(=O)c3ccc(OC(C)=O)cc3)ccc1n2CC1CCCO1. The van der Waals surface area contributed by atoms with Crippen LogP contribution in [0, 0.1) is 0 Å². The van der Waals surface area contributed by atoms with E-state index < -0.39 is 11.9 Å². The van der Waals surface area contributed by atoms with Crippen LogP contribution in [0.4, 0.5) is 0 Å². The van der Waals surface area contributed by atoms with Gasteiger partial charge < -0.3 is 18.9 Å². The van der Waals surface area contributed by atoms with Gasteiger partial charge in [-0.3, -0.25) is 14.4 Å². The van der Waals surface area contributed by atoms with E-state index in [9.17, 15) is 19.2 Å². The predicted octanol–water partition coefficient (Wildman–Crippen LogP) is 7.20. The minimum Gasteiger partial charge on any atom is -0.427 e. The van der Waals surface area contributed by atoms with Crippen LogP contribution in [0.3, 0.4) is 0 Å². The Morgan fingerprint density at radius 2 is 1.51 bits per heavy atom. The Morgan fingerprint density at radius 3 is 2.13 bits per heavy atom. The zero-order valence-electron chi connectivity index (χ0n) is 26.0. The molecule has 9 nitrogen and oxygen atoms in total. The number of Topliss-reactive ketones (excluding diaryl/α,β-unsaturated/α-hetero) is 1. The number of hydrogen-bond acceptors (Lipinski definition) is 8. The van der Waals surface area contributed by atoms with Crippen molar-refractivity contribution in [3.05, 3.63) is 77.4 Å². The van der Waals surface area contributed by atoms with E-state index >= 15 is 0 Å². The number of fused-ring (bicyclic) bond motifs is 3. The summed E-state index contributed by atoms with van der Waals surface area (Å²) in [6.07, 6.45) is 6.26. The Bertz CT molecular complexity index is 1760. The van der Waals surface area contributed by atoms with Crippen molar-refractivity contribution in [3.8, 4) is 5.75 Å². The highest BCUT2D eigenvalue weighted by Gasteiger charge is 2.23. The number of ether oxygens (including phenoxy) is 2. The summed E-state index contributed by atoms with van der Waals surface area (Å²) in [6, 6.07) is 17.6. The fourth-order valence-electron chi connectivity index (χ4n) is 5.79. The van der Waals surface area contributed by atoms with Gasteiger partial charge in [0.2, 0.25) is 5.78 Å². The molecule has 1 aliphatic heterocycles. The highest BCUT2D eigenvalue weighted by molar-refractivity contribution is 6.46. The quantitative estimate of drug-likeness (QED) is 0.0299. The largest absolute Gasteiger partial charge is 0.427 e. The first-order chi connectivity index (χ1) is 21.7. The van der Waals surface area contributed by atoms with Gasteiger partial charge in [-0.05, 0) is 86.3 Å². The van der Waals surface area contributed by atoms with Crippen LogP contribution in [-0.2, 0) is 25.7 Å². The van der Waals surface area contributed by atoms with Crippen molar-refractivity contribution in [2.75, 3.05) is 6.61 Å². The van der Waals surface area contributed by atoms with Crippen LogP contribution in [0.5, 0.6) is 5.75 Å². The number of benzene rings is 3. The number of carbonyl (C=O) groups excluding carboxylic acids is 4. The van der Waals surface area contributed by atoms with Crippen molar-refractivity contribution >= 4 is 51.0 Å². The van der Waals surface area contributed by atoms with Gasteiger partial charge in [-0.2, -0.15) is 0 Å². The lowest BCUT2D eigenvalue weighted by Gasteiger charge is -2.13. The molecule has 1 fully saturated rings. The van der Waals surface area contributed by atoms with Gasteiger partial charge in [0.25, 0.3) is 0 Å². The fraction of sp³-hybridized carbons (Fsp3) is 0.361. The molecule has 0 amide bonds. The molecule has 1 saturated heterocycles. The smallest absolute Gasteiger partial charge is 0.331 e. The molecule has 5 rings (SSSR count). The zero-order chi connectivity index (χ0) is 31.9. The molecule has 2 heterocycles. The minimum atomic E-state index is -0.584. The van der Waals surface area contributed by atoms with Crippen molar-refractivity contribution in [1.29, 1.82) is 0 Å². The average Bonchev–Trinajstić information content (AvgIpc) is 3.66. The molecule has 0 N–H and O–H groups in total. The molecule has 45 heavy (non-hydrogen) atoms. The highest BCUT2D eigenvalue weighted by Crippen LogP contribution is 2.33. The summed E-state index contributed by atoms with van der Waals surface area (Å²) in [7, 11) is 0. The third-order valence-electron chi connectivity index (χ3n) is 7.99. The van der Waals surface area contributed by atoms with Crippen LogP contribution in [0.25, 0.3) is 21.8 Å². The van der Waals surface area contributed by atoms with E-state index in [1.807, 2.05) is 30.3 Å². The number of nitrogens with zero attached hydrogens (tertiary/aromatic N) is 2. The summed E-state index contributed by atoms with van der Waals surface area (Å²) in [5, 5.41) is 5.59. The van der Waals surface area contributed by atoms with E-state index in [4.69, 9.17) is 14.3 Å². The molecule has 1 aromatic heterocycles. The second kappa shape index (κ2) is 14.4. The molecule has 0 bridgehead atoms. The van der Waals surface area contributed by atoms with E-state index in [1.54, 1.807) is 30.3 Å². The molecule has 1 atom stereocenters. The second-order valence-corrected chi connectivity index (χ2v) is 11.4. The molecule has 9 heteroatoms. The van der Waals surface area contributed by atoms with Crippen LogP contribution in [0.1, 0.15) is 92.0 Å². The Labute approximate surface area is 262 Å². The van der Waals surface area contributed by atoms with E-state index in [1.165, 1.54) is 13.8 Å². The maximum atomic E-state index is 13.7. The molecule has 3 aromatic carbocycles. The van der Waals surface area contributed by atoms with Crippen molar-refractivity contribution in [1.82, 2.24) is 4.57 Å². The summed E-state index contributed by atoms with van der Waals surface area (Å²) in [5.74, 6) is -1.13. The minimum absolute atomic E-state index is 0.0766. The molecule has 0 aliphatic carbocycles. The lowest BCUT2D eigenvalue weighted by molar-refractivity contribution is -0.141. The standard InChI is InChI=1S/C36H38N2O7/c1-4-5-6-7-10-32(37-45-24(3)40)36(42)27-14-18-34-31(21-27)30-20-26(13-17-33(30)38(34)22-29-9-8-19-43-29)35(41)25-11-15-28(16-12-25)44-23(2)39/h11-18,20-21,29H,4-10,19,22H2,1-3H3/b37-32+. The van der Waals surface area contributed by atoms with Gasteiger partial charge in [-0.25, -0.2) is 4.79 Å². The topological polar surface area (TPSA) is 113 Å². The third-order valence-corrected chi connectivity index (χ3v) is 7.99.